The van der Waals surface area contributed by atoms with Crippen molar-refractivity contribution < 1.29 is 22.4 Å². The van der Waals surface area contributed by atoms with Gasteiger partial charge in [-0.25, -0.2) is 8.42 Å². The fraction of sp³-hybridized carbons (Fsp3) is 0.143. The molecule has 2 aromatic carbocycles. The van der Waals surface area contributed by atoms with Crippen molar-refractivity contribution >= 4 is 44.6 Å². The van der Waals surface area contributed by atoms with E-state index in [0.29, 0.717) is 28.5 Å². The summed E-state index contributed by atoms with van der Waals surface area (Å²) in [5.74, 6) is 0.295. The number of carbonyl (C=O) groups excluding carboxylic acids is 2. The lowest BCUT2D eigenvalue weighted by Gasteiger charge is -2.10. The summed E-state index contributed by atoms with van der Waals surface area (Å²) < 4.78 is 28.7. The van der Waals surface area contributed by atoms with Crippen LogP contribution < -0.4 is 10.6 Å². The summed E-state index contributed by atoms with van der Waals surface area (Å²) in [6.07, 6.45) is 1.07. The first-order chi connectivity index (χ1) is 14.0. The summed E-state index contributed by atoms with van der Waals surface area (Å²) in [7, 11) is -3.43. The van der Waals surface area contributed by atoms with Gasteiger partial charge in [0.1, 0.15) is 11.5 Å². The molecule has 0 fully saturated rings. The maximum absolute atomic E-state index is 12.5. The maximum atomic E-state index is 12.5. The summed E-state index contributed by atoms with van der Waals surface area (Å²) >= 11 is 6.25. The average Bonchev–Trinajstić information content (AvgIpc) is 3.01. The standard InChI is InChI=1S/C21H19ClN2O5S/c1-12-9-17(13(2)29-12)21(26)23-15-7-8-19(18(22)11-15)24-20(25)14-5-4-6-16(10-14)30(3,27)28/h4-11H,1-3H3,(H,23,26)(H,24,25). The molecule has 0 aliphatic heterocycles. The SMILES string of the molecule is Cc1cc(C(=O)Nc2ccc(NC(=O)c3cccc(S(C)(=O)=O)c3)c(Cl)c2)c(C)o1. The quantitative estimate of drug-likeness (QED) is 0.602. The van der Waals surface area contributed by atoms with Gasteiger partial charge in [-0.05, 0) is 56.3 Å². The Morgan fingerprint density at radius 3 is 2.30 bits per heavy atom. The Morgan fingerprint density at radius 1 is 0.967 bits per heavy atom. The van der Waals surface area contributed by atoms with E-state index in [0.717, 1.165) is 6.26 Å². The molecule has 0 unspecified atom stereocenters. The summed E-state index contributed by atoms with van der Waals surface area (Å²) in [5.41, 5.74) is 1.36. The molecule has 2 N–H and O–H groups in total. The van der Waals surface area contributed by atoms with Crippen LogP contribution in [0.3, 0.4) is 0 Å². The van der Waals surface area contributed by atoms with Crippen molar-refractivity contribution in [3.05, 3.63) is 76.2 Å². The molecule has 0 spiro atoms. The molecule has 3 rings (SSSR count). The number of benzene rings is 2. The highest BCUT2D eigenvalue weighted by Gasteiger charge is 2.16. The molecule has 0 aliphatic rings. The Balaban J connectivity index is 1.75. The average molecular weight is 447 g/mol. The van der Waals surface area contributed by atoms with Crippen LogP contribution in [0.25, 0.3) is 0 Å². The van der Waals surface area contributed by atoms with Gasteiger partial charge in [0.25, 0.3) is 11.8 Å². The number of halogens is 1. The van der Waals surface area contributed by atoms with Gasteiger partial charge in [-0.1, -0.05) is 17.7 Å². The van der Waals surface area contributed by atoms with Gasteiger partial charge in [0.15, 0.2) is 9.84 Å². The highest BCUT2D eigenvalue weighted by atomic mass is 35.5. The summed E-state index contributed by atoms with van der Waals surface area (Å²) in [5, 5.41) is 5.57. The van der Waals surface area contributed by atoms with Crippen LogP contribution in [0.15, 0.2) is 57.8 Å². The summed E-state index contributed by atoms with van der Waals surface area (Å²) in [6, 6.07) is 12.0. The minimum Gasteiger partial charge on any atom is -0.466 e. The van der Waals surface area contributed by atoms with Crippen LogP contribution in [0.2, 0.25) is 5.02 Å². The molecule has 1 heterocycles. The minimum absolute atomic E-state index is 0.0454. The molecular formula is C21H19ClN2O5S. The van der Waals surface area contributed by atoms with Gasteiger partial charge in [-0.15, -0.1) is 0 Å². The van der Waals surface area contributed by atoms with Gasteiger partial charge in [-0.3, -0.25) is 9.59 Å². The minimum atomic E-state index is -3.43. The van der Waals surface area contributed by atoms with Crippen molar-refractivity contribution in [2.24, 2.45) is 0 Å². The summed E-state index contributed by atoms with van der Waals surface area (Å²) in [4.78, 5) is 24.9. The first kappa shape index (κ1) is 21.6. The first-order valence-electron chi connectivity index (χ1n) is 8.84. The number of nitrogens with one attached hydrogen (secondary N) is 2. The van der Waals surface area contributed by atoms with Gasteiger partial charge in [0.2, 0.25) is 0 Å². The lowest BCUT2D eigenvalue weighted by atomic mass is 10.2. The van der Waals surface area contributed by atoms with E-state index in [4.69, 9.17) is 16.0 Å². The predicted octanol–water partition coefficient (Wildman–Crippen LogP) is 4.46. The maximum Gasteiger partial charge on any atom is 0.259 e. The molecule has 7 nitrogen and oxygen atoms in total. The van der Waals surface area contributed by atoms with Gasteiger partial charge in [-0.2, -0.15) is 0 Å². The zero-order chi connectivity index (χ0) is 22.1. The Bertz CT molecular complexity index is 1250. The zero-order valence-electron chi connectivity index (χ0n) is 16.4. The van der Waals surface area contributed by atoms with E-state index >= 15 is 0 Å². The van der Waals surface area contributed by atoms with E-state index < -0.39 is 15.7 Å². The van der Waals surface area contributed by atoms with Crippen molar-refractivity contribution in [3.8, 4) is 0 Å². The van der Waals surface area contributed by atoms with Crippen molar-refractivity contribution in [2.75, 3.05) is 16.9 Å². The number of anilines is 2. The molecule has 2 amide bonds. The Hall–Kier alpha value is -3.10. The normalized spacial score (nSPS) is 11.2. The third-order valence-electron chi connectivity index (χ3n) is 4.29. The van der Waals surface area contributed by atoms with Gasteiger partial charge in [0.05, 0.1) is 21.2 Å². The highest BCUT2D eigenvalue weighted by molar-refractivity contribution is 7.90. The number of carbonyl (C=O) groups is 2. The number of furan rings is 1. The van der Waals surface area contributed by atoms with Gasteiger partial charge >= 0.3 is 0 Å². The molecule has 0 radical (unpaired) electrons. The van der Waals surface area contributed by atoms with Crippen molar-refractivity contribution in [1.82, 2.24) is 0 Å². The number of rotatable bonds is 5. The van der Waals surface area contributed by atoms with Crippen molar-refractivity contribution in [2.45, 2.75) is 18.7 Å². The van der Waals surface area contributed by atoms with Crippen molar-refractivity contribution in [3.63, 3.8) is 0 Å². The Morgan fingerprint density at radius 2 is 1.70 bits per heavy atom. The van der Waals surface area contributed by atoms with Crippen LogP contribution in [0.1, 0.15) is 32.2 Å². The third-order valence-corrected chi connectivity index (χ3v) is 5.71. The lowest BCUT2D eigenvalue weighted by Crippen LogP contribution is -2.14. The zero-order valence-corrected chi connectivity index (χ0v) is 18.0. The number of sulfone groups is 1. The van der Waals surface area contributed by atoms with E-state index in [1.54, 1.807) is 32.0 Å². The lowest BCUT2D eigenvalue weighted by molar-refractivity contribution is 0.101. The molecular weight excluding hydrogens is 428 g/mol. The smallest absolute Gasteiger partial charge is 0.259 e. The predicted molar refractivity (Wildman–Crippen MR) is 115 cm³/mol. The van der Waals surface area contributed by atoms with Crippen LogP contribution in [0.5, 0.6) is 0 Å². The number of amides is 2. The van der Waals surface area contributed by atoms with Crippen LogP contribution >= 0.6 is 11.6 Å². The Kier molecular flexibility index (Phi) is 6.00. The first-order valence-corrected chi connectivity index (χ1v) is 11.1. The highest BCUT2D eigenvalue weighted by Crippen LogP contribution is 2.27. The molecule has 3 aromatic rings. The number of hydrogen-bond acceptors (Lipinski definition) is 5. The second-order valence-electron chi connectivity index (χ2n) is 6.73. The topological polar surface area (TPSA) is 105 Å². The second kappa shape index (κ2) is 8.33. The monoisotopic (exact) mass is 446 g/mol. The van der Waals surface area contributed by atoms with E-state index in [9.17, 15) is 18.0 Å². The Labute approximate surface area is 179 Å². The molecule has 1 aromatic heterocycles. The molecule has 0 saturated carbocycles. The second-order valence-corrected chi connectivity index (χ2v) is 9.15. The molecule has 156 valence electrons. The molecule has 9 heteroatoms. The molecule has 0 saturated heterocycles. The van der Waals surface area contributed by atoms with E-state index in [1.165, 1.54) is 30.3 Å². The number of aryl methyl sites for hydroxylation is 2. The fourth-order valence-electron chi connectivity index (χ4n) is 2.81. The van der Waals surface area contributed by atoms with Crippen LogP contribution in [0.4, 0.5) is 11.4 Å². The van der Waals surface area contributed by atoms with Crippen molar-refractivity contribution in [1.29, 1.82) is 0 Å². The van der Waals surface area contributed by atoms with E-state index in [-0.39, 0.29) is 21.4 Å². The molecule has 0 aliphatic carbocycles. The van der Waals surface area contributed by atoms with Crippen LogP contribution in [0, 0.1) is 13.8 Å². The summed E-state index contributed by atoms with van der Waals surface area (Å²) in [6.45, 7) is 3.45. The van der Waals surface area contributed by atoms with E-state index in [2.05, 4.69) is 10.6 Å². The van der Waals surface area contributed by atoms with Crippen LogP contribution in [-0.2, 0) is 9.84 Å². The van der Waals surface area contributed by atoms with Gasteiger partial charge in [0, 0.05) is 17.5 Å². The van der Waals surface area contributed by atoms with Crippen LogP contribution in [-0.4, -0.2) is 26.5 Å². The molecule has 0 bridgehead atoms. The molecule has 0 atom stereocenters. The third kappa shape index (κ3) is 4.90. The molecule has 30 heavy (non-hydrogen) atoms. The largest absolute Gasteiger partial charge is 0.466 e. The number of hydrogen-bond donors (Lipinski definition) is 2. The van der Waals surface area contributed by atoms with Gasteiger partial charge < -0.3 is 15.1 Å². The van der Waals surface area contributed by atoms with E-state index in [1.807, 2.05) is 0 Å². The fourth-order valence-corrected chi connectivity index (χ4v) is 3.71.